The normalized spacial score (nSPS) is 9.73. The summed E-state index contributed by atoms with van der Waals surface area (Å²) >= 11 is 3.21. The predicted molar refractivity (Wildman–Crippen MR) is 45.7 cm³/mol. The molecule has 0 bridgehead atoms. The zero-order chi connectivity index (χ0) is 8.27. The first-order valence-electron chi connectivity index (χ1n) is 3.33. The van der Waals surface area contributed by atoms with Crippen molar-refractivity contribution in [3.05, 3.63) is 16.5 Å². The average Bonchev–Trinajstić information content (AvgIpc) is 2.04. The molecule has 60 valence electrons. The van der Waals surface area contributed by atoms with Gasteiger partial charge in [-0.05, 0) is 22.4 Å². The van der Waals surface area contributed by atoms with E-state index in [0.717, 1.165) is 12.1 Å². The van der Waals surface area contributed by atoms with Crippen molar-refractivity contribution in [2.45, 2.75) is 13.3 Å². The van der Waals surface area contributed by atoms with Gasteiger partial charge in [-0.2, -0.15) is 0 Å². The van der Waals surface area contributed by atoms with Gasteiger partial charge in [0, 0.05) is 0 Å². The highest BCUT2D eigenvalue weighted by atomic mass is 79.9. The summed E-state index contributed by atoms with van der Waals surface area (Å²) in [6, 6.07) is 0. The van der Waals surface area contributed by atoms with Gasteiger partial charge in [0.05, 0.1) is 13.3 Å². The molecular weight excluding hydrogens is 208 g/mol. The molecule has 0 radical (unpaired) electrons. The largest absolute Gasteiger partial charge is 0.480 e. The second-order valence-electron chi connectivity index (χ2n) is 2.00. The van der Waals surface area contributed by atoms with Crippen LogP contribution in [0.4, 0.5) is 0 Å². The Morgan fingerprint density at radius 3 is 2.91 bits per heavy atom. The topological polar surface area (TPSA) is 35.0 Å². The van der Waals surface area contributed by atoms with Crippen molar-refractivity contribution in [3.8, 4) is 5.88 Å². The number of nitrogens with zero attached hydrogens (tertiary/aromatic N) is 2. The summed E-state index contributed by atoms with van der Waals surface area (Å²) < 4.78 is 5.71. The summed E-state index contributed by atoms with van der Waals surface area (Å²) in [6.07, 6.45) is 2.50. The van der Waals surface area contributed by atoms with Crippen molar-refractivity contribution in [2.75, 3.05) is 7.11 Å². The standard InChI is InChI=1S/C7H9BrN2O/c1-3-5-7(11-2)10-6(8)4-9-5/h4H,3H2,1-2H3. The fraction of sp³-hybridized carbons (Fsp3) is 0.429. The first-order valence-corrected chi connectivity index (χ1v) is 4.12. The van der Waals surface area contributed by atoms with Crippen LogP contribution in [0.25, 0.3) is 0 Å². The summed E-state index contributed by atoms with van der Waals surface area (Å²) in [5, 5.41) is 0. The fourth-order valence-corrected chi connectivity index (χ4v) is 1.05. The second kappa shape index (κ2) is 3.67. The molecule has 0 saturated heterocycles. The van der Waals surface area contributed by atoms with Gasteiger partial charge in [0.1, 0.15) is 10.3 Å². The highest BCUT2D eigenvalue weighted by Gasteiger charge is 2.03. The van der Waals surface area contributed by atoms with Crippen molar-refractivity contribution in [1.29, 1.82) is 0 Å². The van der Waals surface area contributed by atoms with Crippen LogP contribution in [0, 0.1) is 0 Å². The Balaban J connectivity index is 3.06. The third kappa shape index (κ3) is 1.89. The molecule has 0 aliphatic heterocycles. The molecule has 1 heterocycles. The number of ether oxygens (including phenoxy) is 1. The molecule has 0 aromatic carbocycles. The van der Waals surface area contributed by atoms with E-state index in [0.29, 0.717) is 10.5 Å². The molecule has 4 heteroatoms. The van der Waals surface area contributed by atoms with Gasteiger partial charge in [0.2, 0.25) is 5.88 Å². The fourth-order valence-electron chi connectivity index (χ4n) is 0.783. The van der Waals surface area contributed by atoms with Gasteiger partial charge in [0.15, 0.2) is 0 Å². The summed E-state index contributed by atoms with van der Waals surface area (Å²) in [7, 11) is 1.59. The van der Waals surface area contributed by atoms with Crippen LogP contribution in [-0.4, -0.2) is 17.1 Å². The molecule has 0 aliphatic rings. The number of hydrogen-bond donors (Lipinski definition) is 0. The Hall–Kier alpha value is -0.640. The van der Waals surface area contributed by atoms with E-state index in [-0.39, 0.29) is 0 Å². The van der Waals surface area contributed by atoms with Crippen LogP contribution in [0.1, 0.15) is 12.6 Å². The van der Waals surface area contributed by atoms with Crippen molar-refractivity contribution in [2.24, 2.45) is 0 Å². The van der Waals surface area contributed by atoms with Crippen molar-refractivity contribution >= 4 is 15.9 Å². The molecule has 1 aromatic rings. The van der Waals surface area contributed by atoms with E-state index >= 15 is 0 Å². The van der Waals surface area contributed by atoms with Crippen LogP contribution >= 0.6 is 15.9 Å². The molecule has 0 N–H and O–H groups in total. The van der Waals surface area contributed by atoms with Crippen LogP contribution < -0.4 is 4.74 Å². The van der Waals surface area contributed by atoms with E-state index in [9.17, 15) is 0 Å². The van der Waals surface area contributed by atoms with E-state index in [1.54, 1.807) is 13.3 Å². The first-order chi connectivity index (χ1) is 5.27. The van der Waals surface area contributed by atoms with E-state index in [1.807, 2.05) is 6.92 Å². The van der Waals surface area contributed by atoms with Crippen LogP contribution in [0.15, 0.2) is 10.8 Å². The highest BCUT2D eigenvalue weighted by molar-refractivity contribution is 9.10. The second-order valence-corrected chi connectivity index (χ2v) is 2.81. The van der Waals surface area contributed by atoms with E-state index < -0.39 is 0 Å². The van der Waals surface area contributed by atoms with Gasteiger partial charge < -0.3 is 4.74 Å². The number of methoxy groups -OCH3 is 1. The minimum absolute atomic E-state index is 0.599. The minimum atomic E-state index is 0.599. The molecule has 1 rings (SSSR count). The van der Waals surface area contributed by atoms with Crippen LogP contribution in [0.5, 0.6) is 5.88 Å². The molecule has 0 aliphatic carbocycles. The zero-order valence-corrected chi connectivity index (χ0v) is 8.05. The maximum Gasteiger partial charge on any atom is 0.236 e. The van der Waals surface area contributed by atoms with Gasteiger partial charge in [-0.1, -0.05) is 6.92 Å². The Morgan fingerprint density at radius 2 is 2.36 bits per heavy atom. The Labute approximate surface area is 73.9 Å². The highest BCUT2D eigenvalue weighted by Crippen LogP contribution is 2.15. The lowest BCUT2D eigenvalue weighted by Crippen LogP contribution is -1.96. The quantitative estimate of drug-likeness (QED) is 0.757. The summed E-state index contributed by atoms with van der Waals surface area (Å²) in [5.74, 6) is 0.599. The Morgan fingerprint density at radius 1 is 1.64 bits per heavy atom. The van der Waals surface area contributed by atoms with E-state index in [4.69, 9.17) is 4.74 Å². The molecule has 0 atom stereocenters. The molecule has 11 heavy (non-hydrogen) atoms. The molecule has 0 saturated carbocycles. The van der Waals surface area contributed by atoms with Crippen LogP contribution in [0.2, 0.25) is 0 Å². The molecule has 0 unspecified atom stereocenters. The lowest BCUT2D eigenvalue weighted by Gasteiger charge is -2.02. The lowest BCUT2D eigenvalue weighted by atomic mass is 10.3. The smallest absolute Gasteiger partial charge is 0.236 e. The third-order valence-electron chi connectivity index (χ3n) is 1.31. The van der Waals surface area contributed by atoms with E-state index in [2.05, 4.69) is 25.9 Å². The van der Waals surface area contributed by atoms with Gasteiger partial charge >= 0.3 is 0 Å². The van der Waals surface area contributed by atoms with E-state index in [1.165, 1.54) is 0 Å². The van der Waals surface area contributed by atoms with Crippen molar-refractivity contribution < 1.29 is 4.74 Å². The minimum Gasteiger partial charge on any atom is -0.480 e. The third-order valence-corrected chi connectivity index (χ3v) is 1.69. The average molecular weight is 217 g/mol. The van der Waals surface area contributed by atoms with Crippen LogP contribution in [-0.2, 0) is 6.42 Å². The molecule has 1 aromatic heterocycles. The summed E-state index contributed by atoms with van der Waals surface area (Å²) in [6.45, 7) is 2.01. The maximum absolute atomic E-state index is 5.01. The van der Waals surface area contributed by atoms with Crippen molar-refractivity contribution in [1.82, 2.24) is 9.97 Å². The summed E-state index contributed by atoms with van der Waals surface area (Å²) in [5.41, 5.74) is 0.885. The number of hydrogen-bond acceptors (Lipinski definition) is 3. The number of halogens is 1. The predicted octanol–water partition coefficient (Wildman–Crippen LogP) is 1.81. The lowest BCUT2D eigenvalue weighted by molar-refractivity contribution is 0.389. The van der Waals surface area contributed by atoms with Gasteiger partial charge in [0.25, 0.3) is 0 Å². The Kier molecular flexibility index (Phi) is 2.82. The van der Waals surface area contributed by atoms with Gasteiger partial charge in [-0.25, -0.2) is 4.98 Å². The number of aryl methyl sites for hydroxylation is 1. The molecule has 3 nitrogen and oxygen atoms in total. The van der Waals surface area contributed by atoms with Gasteiger partial charge in [-0.15, -0.1) is 0 Å². The summed E-state index contributed by atoms with van der Waals surface area (Å²) in [4.78, 5) is 8.23. The number of aromatic nitrogens is 2. The van der Waals surface area contributed by atoms with Crippen LogP contribution in [0.3, 0.4) is 0 Å². The monoisotopic (exact) mass is 216 g/mol. The molecule has 0 amide bonds. The maximum atomic E-state index is 5.01. The van der Waals surface area contributed by atoms with Crippen molar-refractivity contribution in [3.63, 3.8) is 0 Å². The zero-order valence-electron chi connectivity index (χ0n) is 6.47. The molecule has 0 fully saturated rings. The van der Waals surface area contributed by atoms with Gasteiger partial charge in [-0.3, -0.25) is 4.98 Å². The molecular formula is C7H9BrN2O. The molecule has 0 spiro atoms. The first kappa shape index (κ1) is 8.46. The number of rotatable bonds is 2. The Bertz CT molecular complexity index is 252. The SMILES string of the molecule is CCc1ncc(Br)nc1OC.